The van der Waals surface area contributed by atoms with Crippen LogP contribution in [0.3, 0.4) is 0 Å². The molecule has 100 heavy (non-hydrogen) atoms. The summed E-state index contributed by atoms with van der Waals surface area (Å²) in [6.07, 6.45) is 0. The van der Waals surface area contributed by atoms with E-state index in [1.165, 1.54) is 98.4 Å². The average Bonchev–Trinajstić information content (AvgIpc) is 0.768. The quantitative estimate of drug-likeness (QED) is 0.105. The first-order chi connectivity index (χ1) is 48.9. The smallest absolute Gasteiger partial charge is 0.252 e. The van der Waals surface area contributed by atoms with E-state index < -0.39 is 0 Å². The van der Waals surface area contributed by atoms with Crippen molar-refractivity contribution in [1.29, 1.82) is 0 Å². The van der Waals surface area contributed by atoms with Gasteiger partial charge in [0.2, 0.25) is 0 Å². The molecule has 2 aliphatic rings. The van der Waals surface area contributed by atoms with Gasteiger partial charge in [0.25, 0.3) is 6.71 Å². The maximum Gasteiger partial charge on any atom is 0.252 e. The van der Waals surface area contributed by atoms with Crippen LogP contribution in [0.1, 0.15) is 52.7 Å². The maximum absolute atomic E-state index is 2.74. The average molecular weight is 1280 g/mol. The molecule has 0 aliphatic carbocycles. The standard InChI is InChI=1S/C96H72BN3/c1-95(2,3)71-55-78(62-29-14-8-15-30-62)93(79(56-71)63-31-16-9-17-32-63)99-86-52-48-69(61-27-12-7-13-28-61)53-83(86)97-82-51-47-70(74-49-45-68-44-43-66-37-26-38-67-46-50-77(74)91(68)90(66)67)54-87(82)100(89-60-73(59-88(99)92(89)97)98-84-41-24-22-39-75(84)76-40-23-25-42-85(76)98)94-80(64-33-18-10-19-34-64)57-72(96(4,5)6)58-81(94)65-35-20-11-21-36-65/h7-60H,1-6H3. The fraction of sp³-hybridized carbons (Fsp3) is 0.0833. The van der Waals surface area contributed by atoms with Crippen molar-refractivity contribution in [2.24, 2.45) is 0 Å². The lowest BCUT2D eigenvalue weighted by Gasteiger charge is -2.46. The topological polar surface area (TPSA) is 11.4 Å². The highest BCUT2D eigenvalue weighted by molar-refractivity contribution is 7.00. The predicted molar refractivity (Wildman–Crippen MR) is 429 cm³/mol. The van der Waals surface area contributed by atoms with E-state index in [2.05, 4.69) is 383 Å². The zero-order valence-corrected chi connectivity index (χ0v) is 57.1. The molecule has 0 unspecified atom stereocenters. The van der Waals surface area contributed by atoms with Crippen molar-refractivity contribution in [3.8, 4) is 72.4 Å². The first-order valence-electron chi connectivity index (χ1n) is 35.3. The Balaban J connectivity index is 1.02. The summed E-state index contributed by atoms with van der Waals surface area (Å²) >= 11 is 0. The number of anilines is 6. The lowest BCUT2D eigenvalue weighted by Crippen LogP contribution is -2.61. The molecule has 474 valence electrons. The van der Waals surface area contributed by atoms with Gasteiger partial charge in [-0.05, 0) is 176 Å². The predicted octanol–water partition coefficient (Wildman–Crippen LogP) is 24.4. The molecule has 16 aromatic carbocycles. The second-order valence-corrected chi connectivity index (χ2v) is 29.6. The zero-order valence-electron chi connectivity index (χ0n) is 57.1. The number of benzene rings is 16. The molecule has 0 atom stereocenters. The van der Waals surface area contributed by atoms with Crippen molar-refractivity contribution in [3.05, 3.63) is 339 Å². The Morgan fingerprint density at radius 3 is 1.17 bits per heavy atom. The monoisotopic (exact) mass is 1280 g/mol. The van der Waals surface area contributed by atoms with Crippen molar-refractivity contribution in [2.45, 2.75) is 52.4 Å². The van der Waals surface area contributed by atoms with E-state index in [-0.39, 0.29) is 17.5 Å². The third-order valence-corrected chi connectivity index (χ3v) is 21.6. The minimum Gasteiger partial charge on any atom is -0.310 e. The molecule has 4 heteroatoms. The Morgan fingerprint density at radius 2 is 0.680 bits per heavy atom. The molecule has 19 rings (SSSR count). The van der Waals surface area contributed by atoms with Gasteiger partial charge in [0.15, 0.2) is 0 Å². The van der Waals surface area contributed by atoms with Gasteiger partial charge in [-0.2, -0.15) is 0 Å². The van der Waals surface area contributed by atoms with Gasteiger partial charge < -0.3 is 14.4 Å². The summed E-state index contributed by atoms with van der Waals surface area (Å²) in [7, 11) is 0. The summed E-state index contributed by atoms with van der Waals surface area (Å²) < 4.78 is 2.55. The first kappa shape index (κ1) is 59.3. The van der Waals surface area contributed by atoms with E-state index in [1.54, 1.807) is 0 Å². The molecule has 2 aliphatic heterocycles. The Kier molecular flexibility index (Phi) is 13.5. The maximum atomic E-state index is 2.74. The summed E-state index contributed by atoms with van der Waals surface area (Å²) in [4.78, 5) is 5.44. The summed E-state index contributed by atoms with van der Waals surface area (Å²) in [5.41, 5.74) is 30.0. The number of aromatic nitrogens is 1. The molecular weight excluding hydrogens is 1210 g/mol. The summed E-state index contributed by atoms with van der Waals surface area (Å²) in [6.45, 7) is 13.9. The number of fused-ring (bicyclic) bond motifs is 7. The van der Waals surface area contributed by atoms with Gasteiger partial charge in [-0.3, -0.25) is 0 Å². The van der Waals surface area contributed by atoms with E-state index >= 15 is 0 Å². The van der Waals surface area contributed by atoms with Crippen LogP contribution in [0.25, 0.3) is 127 Å². The largest absolute Gasteiger partial charge is 0.310 e. The van der Waals surface area contributed by atoms with E-state index in [1.807, 2.05) is 0 Å². The van der Waals surface area contributed by atoms with Crippen LogP contribution in [0, 0.1) is 0 Å². The van der Waals surface area contributed by atoms with Crippen molar-refractivity contribution < 1.29 is 0 Å². The third kappa shape index (κ3) is 9.41. The summed E-state index contributed by atoms with van der Waals surface area (Å²) in [6, 6.07) is 125. The number of hydrogen-bond donors (Lipinski definition) is 0. The van der Waals surface area contributed by atoms with Crippen molar-refractivity contribution in [1.82, 2.24) is 4.57 Å². The van der Waals surface area contributed by atoms with Crippen LogP contribution in [-0.4, -0.2) is 11.3 Å². The number of para-hydroxylation sites is 2. The van der Waals surface area contributed by atoms with Crippen LogP contribution in [-0.2, 0) is 10.8 Å². The zero-order chi connectivity index (χ0) is 67.1. The van der Waals surface area contributed by atoms with Crippen LogP contribution < -0.4 is 26.2 Å². The molecule has 1 aromatic heterocycles. The Hall–Kier alpha value is -12.0. The number of rotatable bonds is 9. The molecule has 3 heterocycles. The van der Waals surface area contributed by atoms with Crippen LogP contribution in [0.5, 0.6) is 0 Å². The second kappa shape index (κ2) is 22.8. The van der Waals surface area contributed by atoms with Gasteiger partial charge in [-0.1, -0.05) is 308 Å². The SMILES string of the molecule is CC(C)(C)c1cc(-c2ccccc2)c(N2c3ccc(-c4ccccc4)cc3B3c4ccc(-c5ccc6ccc7cccc8ccc5c6c78)cc4N(c4c(-c5ccccc5)cc(C(C)(C)C)cc4-c4ccccc4)c4cc(-n5c6ccccc6c6ccccc65)cc2c43)c(-c2ccccc2)c1. The van der Waals surface area contributed by atoms with E-state index in [0.29, 0.717) is 0 Å². The molecule has 0 saturated heterocycles. The van der Waals surface area contributed by atoms with Crippen LogP contribution in [0.15, 0.2) is 328 Å². The molecule has 0 bridgehead atoms. The molecule has 0 amide bonds. The van der Waals surface area contributed by atoms with Gasteiger partial charge in [-0.25, -0.2) is 0 Å². The molecule has 17 aromatic rings. The highest BCUT2D eigenvalue weighted by Gasteiger charge is 2.46. The van der Waals surface area contributed by atoms with Crippen molar-refractivity contribution in [2.75, 3.05) is 9.80 Å². The van der Waals surface area contributed by atoms with Gasteiger partial charge in [0, 0.05) is 55.8 Å². The van der Waals surface area contributed by atoms with Gasteiger partial charge in [0.1, 0.15) is 0 Å². The Bertz CT molecular complexity index is 5910. The first-order valence-corrected chi connectivity index (χ1v) is 35.3. The highest BCUT2D eigenvalue weighted by atomic mass is 15.2. The summed E-state index contributed by atoms with van der Waals surface area (Å²) in [5, 5.41) is 10.1. The molecular formula is C96H72BN3. The van der Waals surface area contributed by atoms with Crippen LogP contribution >= 0.6 is 0 Å². The minimum atomic E-state index is -0.253. The van der Waals surface area contributed by atoms with Gasteiger partial charge in [0.05, 0.1) is 28.1 Å². The van der Waals surface area contributed by atoms with E-state index in [9.17, 15) is 0 Å². The number of nitrogens with zero attached hydrogens (tertiary/aromatic N) is 3. The van der Waals surface area contributed by atoms with Gasteiger partial charge in [-0.15, -0.1) is 0 Å². The lowest BCUT2D eigenvalue weighted by atomic mass is 9.33. The Morgan fingerprint density at radius 1 is 0.260 bits per heavy atom. The fourth-order valence-electron chi connectivity index (χ4n) is 16.7. The van der Waals surface area contributed by atoms with Gasteiger partial charge >= 0.3 is 0 Å². The minimum absolute atomic E-state index is 0.188. The second-order valence-electron chi connectivity index (χ2n) is 29.6. The summed E-state index contributed by atoms with van der Waals surface area (Å²) in [5.74, 6) is 0. The molecule has 3 nitrogen and oxygen atoms in total. The number of hydrogen-bond acceptors (Lipinski definition) is 2. The van der Waals surface area contributed by atoms with Crippen LogP contribution in [0.4, 0.5) is 34.1 Å². The fourth-order valence-corrected chi connectivity index (χ4v) is 16.7. The van der Waals surface area contributed by atoms with Crippen LogP contribution in [0.2, 0.25) is 0 Å². The van der Waals surface area contributed by atoms with Crippen molar-refractivity contribution in [3.63, 3.8) is 0 Å². The van der Waals surface area contributed by atoms with Crippen molar-refractivity contribution >= 4 is 111 Å². The molecule has 0 saturated carbocycles. The molecule has 0 N–H and O–H groups in total. The lowest BCUT2D eigenvalue weighted by molar-refractivity contribution is 0.590. The van der Waals surface area contributed by atoms with E-state index in [4.69, 9.17) is 0 Å². The Labute approximate surface area is 585 Å². The molecule has 0 spiro atoms. The highest BCUT2D eigenvalue weighted by Crippen LogP contribution is 2.56. The normalized spacial score (nSPS) is 12.8. The molecule has 0 fully saturated rings. The molecule has 0 radical (unpaired) electrons. The van der Waals surface area contributed by atoms with E-state index in [0.717, 1.165) is 89.8 Å². The third-order valence-electron chi connectivity index (χ3n) is 21.6.